The van der Waals surface area contributed by atoms with Crippen LogP contribution in [0.3, 0.4) is 0 Å². The molecule has 0 aromatic carbocycles. The van der Waals surface area contributed by atoms with Crippen LogP contribution in [-0.2, 0) is 0 Å². The molecule has 100 valence electrons. The van der Waals surface area contributed by atoms with Crippen molar-refractivity contribution in [3.8, 4) is 0 Å². The minimum atomic E-state index is -4.02. The van der Waals surface area contributed by atoms with Crippen LogP contribution in [0, 0.1) is 0 Å². The third-order valence-electron chi connectivity index (χ3n) is 3.95. The van der Waals surface area contributed by atoms with E-state index in [0.717, 1.165) is 32.5 Å². The topological polar surface area (TPSA) is 6.48 Å². The lowest BCUT2D eigenvalue weighted by atomic mass is 10.1. The average Bonchev–Trinajstić information content (AvgIpc) is 2.94. The molecule has 1 spiro atoms. The molecule has 2 aliphatic rings. The number of hydrogen-bond donors (Lipinski definition) is 0. The summed E-state index contributed by atoms with van der Waals surface area (Å²) in [5, 5.41) is 0. The van der Waals surface area contributed by atoms with Gasteiger partial charge in [-0.3, -0.25) is 9.80 Å². The molecule has 1 saturated carbocycles. The third kappa shape index (κ3) is 3.13. The maximum atomic E-state index is 12.2. The zero-order chi connectivity index (χ0) is 12.7. The second kappa shape index (κ2) is 4.43. The normalized spacial score (nSPS) is 25.8. The summed E-state index contributed by atoms with van der Waals surface area (Å²) in [6.07, 6.45) is -2.40. The van der Waals surface area contributed by atoms with Crippen molar-refractivity contribution in [2.75, 3.05) is 26.2 Å². The highest BCUT2D eigenvalue weighted by molar-refractivity contribution is 5.09. The van der Waals surface area contributed by atoms with Gasteiger partial charge in [-0.05, 0) is 26.7 Å². The Kier molecular flexibility index (Phi) is 3.42. The smallest absolute Gasteiger partial charge is 0.300 e. The first-order valence-corrected chi connectivity index (χ1v) is 6.38. The van der Waals surface area contributed by atoms with E-state index in [2.05, 4.69) is 18.7 Å². The zero-order valence-corrected chi connectivity index (χ0v) is 10.6. The summed E-state index contributed by atoms with van der Waals surface area (Å²) in [6, 6.07) is 0.502. The molecule has 2 fully saturated rings. The van der Waals surface area contributed by atoms with Crippen LogP contribution in [0.5, 0.6) is 0 Å². The monoisotopic (exact) mass is 250 g/mol. The van der Waals surface area contributed by atoms with E-state index in [1.165, 1.54) is 0 Å². The minimum Gasteiger partial charge on any atom is -0.300 e. The summed E-state index contributed by atoms with van der Waals surface area (Å²) < 4.78 is 36.6. The summed E-state index contributed by atoms with van der Waals surface area (Å²) in [5.41, 5.74) is 0.206. The first-order valence-electron chi connectivity index (χ1n) is 6.38. The number of piperazine rings is 1. The molecule has 1 aliphatic carbocycles. The van der Waals surface area contributed by atoms with Crippen LogP contribution < -0.4 is 0 Å². The number of alkyl halides is 3. The number of rotatable bonds is 3. The van der Waals surface area contributed by atoms with E-state index in [1.54, 1.807) is 0 Å². The molecular weight excluding hydrogens is 229 g/mol. The van der Waals surface area contributed by atoms with Crippen LogP contribution in [0.25, 0.3) is 0 Å². The highest BCUT2D eigenvalue weighted by Gasteiger charge is 2.51. The third-order valence-corrected chi connectivity index (χ3v) is 3.95. The minimum absolute atomic E-state index is 0.164. The maximum Gasteiger partial charge on any atom is 0.390 e. The van der Waals surface area contributed by atoms with Gasteiger partial charge in [-0.2, -0.15) is 13.2 Å². The molecule has 0 radical (unpaired) electrons. The van der Waals surface area contributed by atoms with Gasteiger partial charge in [0.25, 0.3) is 0 Å². The SMILES string of the molecule is CC(C)N1CCN(CCC(F)(F)F)CC12CC2. The van der Waals surface area contributed by atoms with Gasteiger partial charge in [0.05, 0.1) is 6.42 Å². The molecule has 2 nitrogen and oxygen atoms in total. The number of nitrogens with zero attached hydrogens (tertiary/aromatic N) is 2. The Labute approximate surface area is 101 Å². The van der Waals surface area contributed by atoms with Gasteiger partial charge in [0, 0.05) is 37.8 Å². The largest absolute Gasteiger partial charge is 0.390 e. The molecular formula is C12H21F3N2. The second-order valence-electron chi connectivity index (χ2n) is 5.65. The Morgan fingerprint density at radius 1 is 1.18 bits per heavy atom. The van der Waals surface area contributed by atoms with Crippen molar-refractivity contribution in [3.63, 3.8) is 0 Å². The predicted octanol–water partition coefficient (Wildman–Crippen LogP) is 2.50. The van der Waals surface area contributed by atoms with Crippen molar-refractivity contribution in [3.05, 3.63) is 0 Å². The van der Waals surface area contributed by atoms with Crippen LogP contribution >= 0.6 is 0 Å². The van der Waals surface area contributed by atoms with E-state index >= 15 is 0 Å². The van der Waals surface area contributed by atoms with Crippen LogP contribution in [0.4, 0.5) is 13.2 Å². The fourth-order valence-electron chi connectivity index (χ4n) is 2.94. The van der Waals surface area contributed by atoms with Crippen molar-refractivity contribution >= 4 is 0 Å². The quantitative estimate of drug-likeness (QED) is 0.759. The Hall–Kier alpha value is -0.290. The summed E-state index contributed by atoms with van der Waals surface area (Å²) in [5.74, 6) is 0. The van der Waals surface area contributed by atoms with E-state index in [4.69, 9.17) is 0 Å². The Morgan fingerprint density at radius 2 is 1.82 bits per heavy atom. The van der Waals surface area contributed by atoms with E-state index < -0.39 is 12.6 Å². The second-order valence-corrected chi connectivity index (χ2v) is 5.65. The first-order chi connectivity index (χ1) is 7.82. The zero-order valence-electron chi connectivity index (χ0n) is 10.6. The number of halogens is 3. The van der Waals surface area contributed by atoms with Crippen molar-refractivity contribution in [2.24, 2.45) is 0 Å². The van der Waals surface area contributed by atoms with E-state index in [-0.39, 0.29) is 12.1 Å². The van der Waals surface area contributed by atoms with Crippen molar-refractivity contribution in [1.82, 2.24) is 9.80 Å². The first kappa shape index (κ1) is 13.1. The van der Waals surface area contributed by atoms with Crippen LogP contribution in [0.15, 0.2) is 0 Å². The molecule has 0 atom stereocenters. The maximum absolute atomic E-state index is 12.2. The van der Waals surface area contributed by atoms with Gasteiger partial charge in [-0.1, -0.05) is 0 Å². The van der Waals surface area contributed by atoms with Gasteiger partial charge in [0.1, 0.15) is 0 Å². The summed E-state index contributed by atoms with van der Waals surface area (Å²) in [6.45, 7) is 7.01. The lowest BCUT2D eigenvalue weighted by Crippen LogP contribution is -2.57. The Morgan fingerprint density at radius 3 is 2.29 bits per heavy atom. The van der Waals surface area contributed by atoms with Gasteiger partial charge in [-0.25, -0.2) is 0 Å². The van der Waals surface area contributed by atoms with Crippen LogP contribution in [0.1, 0.15) is 33.1 Å². The molecule has 0 amide bonds. The van der Waals surface area contributed by atoms with Gasteiger partial charge in [-0.15, -0.1) is 0 Å². The van der Waals surface area contributed by atoms with Crippen LogP contribution in [0.2, 0.25) is 0 Å². The van der Waals surface area contributed by atoms with Crippen molar-refractivity contribution < 1.29 is 13.2 Å². The van der Waals surface area contributed by atoms with E-state index in [0.29, 0.717) is 6.04 Å². The lowest BCUT2D eigenvalue weighted by molar-refractivity contribution is -0.140. The molecule has 1 heterocycles. The van der Waals surface area contributed by atoms with Gasteiger partial charge in [0.15, 0.2) is 0 Å². The van der Waals surface area contributed by atoms with Gasteiger partial charge >= 0.3 is 6.18 Å². The predicted molar refractivity (Wildman–Crippen MR) is 60.9 cm³/mol. The average molecular weight is 250 g/mol. The molecule has 0 bridgehead atoms. The van der Waals surface area contributed by atoms with Gasteiger partial charge < -0.3 is 0 Å². The highest BCUT2D eigenvalue weighted by Crippen LogP contribution is 2.45. The van der Waals surface area contributed by atoms with Gasteiger partial charge in [0.2, 0.25) is 0 Å². The van der Waals surface area contributed by atoms with Crippen molar-refractivity contribution in [1.29, 1.82) is 0 Å². The standard InChI is InChI=1S/C12H21F3N2/c1-10(2)17-8-7-16(6-5-12(13,14)15)9-11(17)3-4-11/h10H,3-9H2,1-2H3. The Bertz CT molecular complexity index is 271. The molecule has 0 unspecified atom stereocenters. The fourth-order valence-corrected chi connectivity index (χ4v) is 2.94. The molecule has 17 heavy (non-hydrogen) atoms. The molecule has 0 aromatic rings. The van der Waals surface area contributed by atoms with E-state index in [1.807, 2.05) is 4.90 Å². The fraction of sp³-hybridized carbons (Fsp3) is 1.00. The Balaban J connectivity index is 1.86. The summed E-state index contributed by atoms with van der Waals surface area (Å²) in [7, 11) is 0. The molecule has 0 N–H and O–H groups in total. The van der Waals surface area contributed by atoms with Crippen molar-refractivity contribution in [2.45, 2.75) is 50.9 Å². The van der Waals surface area contributed by atoms with Crippen LogP contribution in [-0.4, -0.2) is 53.7 Å². The molecule has 1 aliphatic heterocycles. The molecule has 1 saturated heterocycles. The summed E-state index contributed by atoms with van der Waals surface area (Å²) >= 11 is 0. The van der Waals surface area contributed by atoms with E-state index in [9.17, 15) is 13.2 Å². The summed E-state index contributed by atoms with van der Waals surface area (Å²) in [4.78, 5) is 4.45. The lowest BCUT2D eigenvalue weighted by Gasteiger charge is -2.44. The molecule has 2 rings (SSSR count). The highest BCUT2D eigenvalue weighted by atomic mass is 19.4. The molecule has 0 aromatic heterocycles. The number of hydrogen-bond acceptors (Lipinski definition) is 2. The molecule has 5 heteroatoms.